The molecule has 37 heavy (non-hydrogen) atoms. The first-order valence-corrected chi connectivity index (χ1v) is 13.0. The number of benzene rings is 1. The number of morpholine rings is 1. The van der Waals surface area contributed by atoms with E-state index in [4.69, 9.17) is 21.7 Å². The number of pyridine rings is 1. The van der Waals surface area contributed by atoms with Gasteiger partial charge in [-0.1, -0.05) is 18.2 Å². The Morgan fingerprint density at radius 3 is 2.62 bits per heavy atom. The third-order valence-corrected chi connectivity index (χ3v) is 7.65. The SMILES string of the molecule is COC(=O)c1ccccc1-n1c(C)cc([C@@H]2[C@H](c3ccccn3)NC(=S)N2CCN2CCOCC2)c1C. The molecule has 9 heteroatoms. The molecule has 2 saturated heterocycles. The zero-order valence-corrected chi connectivity index (χ0v) is 22.3. The largest absolute Gasteiger partial charge is 0.465 e. The first-order valence-electron chi connectivity index (χ1n) is 12.6. The number of methoxy groups -OCH3 is 1. The molecule has 2 aliphatic rings. The van der Waals surface area contributed by atoms with Crippen LogP contribution >= 0.6 is 12.2 Å². The van der Waals surface area contributed by atoms with Crippen LogP contribution in [0, 0.1) is 13.8 Å². The van der Waals surface area contributed by atoms with Gasteiger partial charge in [0.15, 0.2) is 5.11 Å². The van der Waals surface area contributed by atoms with Gasteiger partial charge in [-0.3, -0.25) is 9.88 Å². The predicted molar refractivity (Wildman–Crippen MR) is 146 cm³/mol. The quantitative estimate of drug-likeness (QED) is 0.375. The predicted octanol–water partition coefficient (Wildman–Crippen LogP) is 3.58. The molecule has 0 aliphatic carbocycles. The van der Waals surface area contributed by atoms with Gasteiger partial charge >= 0.3 is 5.97 Å². The Hall–Kier alpha value is -3.27. The van der Waals surface area contributed by atoms with Crippen molar-refractivity contribution in [3.05, 3.63) is 82.9 Å². The second-order valence-electron chi connectivity index (χ2n) is 9.44. The molecular formula is C28H33N5O3S. The summed E-state index contributed by atoms with van der Waals surface area (Å²) < 4.78 is 12.7. The lowest BCUT2D eigenvalue weighted by Crippen LogP contribution is -2.42. The van der Waals surface area contributed by atoms with Crippen LogP contribution in [0.5, 0.6) is 0 Å². The van der Waals surface area contributed by atoms with Crippen molar-refractivity contribution >= 4 is 23.3 Å². The molecule has 1 aromatic carbocycles. The number of rotatable bonds is 7. The van der Waals surface area contributed by atoms with Gasteiger partial charge in [-0.15, -0.1) is 0 Å². The molecule has 5 rings (SSSR count). The molecule has 0 saturated carbocycles. The number of hydrogen-bond donors (Lipinski definition) is 1. The minimum atomic E-state index is -0.355. The summed E-state index contributed by atoms with van der Waals surface area (Å²) in [4.78, 5) is 22.0. The average molecular weight is 520 g/mol. The number of carbonyl (C=O) groups is 1. The van der Waals surface area contributed by atoms with Crippen LogP contribution in [-0.2, 0) is 9.47 Å². The number of para-hydroxylation sites is 1. The lowest BCUT2D eigenvalue weighted by atomic mass is 9.96. The van der Waals surface area contributed by atoms with Crippen LogP contribution in [0.4, 0.5) is 0 Å². The van der Waals surface area contributed by atoms with E-state index in [2.05, 4.69) is 44.6 Å². The molecule has 4 heterocycles. The number of nitrogens with zero attached hydrogens (tertiary/aromatic N) is 4. The number of esters is 1. The first-order chi connectivity index (χ1) is 18.0. The Morgan fingerprint density at radius 2 is 1.89 bits per heavy atom. The minimum Gasteiger partial charge on any atom is -0.465 e. The number of hydrogen-bond acceptors (Lipinski definition) is 6. The number of aryl methyl sites for hydroxylation is 1. The van der Waals surface area contributed by atoms with E-state index in [0.29, 0.717) is 5.56 Å². The van der Waals surface area contributed by atoms with Crippen LogP contribution in [-0.4, -0.2) is 76.9 Å². The highest BCUT2D eigenvalue weighted by molar-refractivity contribution is 7.80. The Morgan fingerprint density at radius 1 is 1.14 bits per heavy atom. The van der Waals surface area contributed by atoms with E-state index in [9.17, 15) is 4.79 Å². The molecule has 0 amide bonds. The maximum atomic E-state index is 12.6. The molecule has 3 aromatic rings. The van der Waals surface area contributed by atoms with Gasteiger partial charge in [0.1, 0.15) is 0 Å². The highest BCUT2D eigenvalue weighted by Gasteiger charge is 2.41. The molecule has 2 fully saturated rings. The number of aromatic nitrogens is 2. The molecule has 8 nitrogen and oxygen atoms in total. The molecule has 0 radical (unpaired) electrons. The van der Waals surface area contributed by atoms with E-state index in [1.165, 1.54) is 7.11 Å². The van der Waals surface area contributed by atoms with Crippen LogP contribution in [0.15, 0.2) is 54.7 Å². The van der Waals surface area contributed by atoms with Gasteiger partial charge in [0, 0.05) is 43.8 Å². The summed E-state index contributed by atoms with van der Waals surface area (Å²) in [5.41, 5.74) is 5.53. The molecule has 1 N–H and O–H groups in total. The van der Waals surface area contributed by atoms with Gasteiger partial charge in [-0.25, -0.2) is 4.79 Å². The normalized spacial score (nSPS) is 20.2. The minimum absolute atomic E-state index is 0.0475. The smallest absolute Gasteiger partial charge is 0.339 e. The molecule has 194 valence electrons. The summed E-state index contributed by atoms with van der Waals surface area (Å²) >= 11 is 5.88. The average Bonchev–Trinajstić information content (AvgIpc) is 3.42. The summed E-state index contributed by atoms with van der Waals surface area (Å²) in [6.45, 7) is 9.27. The van der Waals surface area contributed by atoms with Gasteiger partial charge < -0.3 is 24.3 Å². The van der Waals surface area contributed by atoms with Crippen LogP contribution in [0.2, 0.25) is 0 Å². The standard InChI is InChI=1S/C28H33N5O3S/c1-19-18-22(20(2)33(19)24-10-5-4-8-21(24)27(34)35-3)26-25(23-9-6-7-11-29-23)30-28(37)32(26)13-12-31-14-16-36-17-15-31/h4-11,18,25-26H,12-17H2,1-3H3,(H,30,37)/t25-,26+/m0/s1. The van der Waals surface area contributed by atoms with Crippen molar-refractivity contribution in [2.24, 2.45) is 0 Å². The molecule has 0 bridgehead atoms. The number of ether oxygens (including phenoxy) is 2. The van der Waals surface area contributed by atoms with E-state index in [1.807, 2.05) is 42.6 Å². The summed E-state index contributed by atoms with van der Waals surface area (Å²) in [6.07, 6.45) is 1.82. The van der Waals surface area contributed by atoms with Gasteiger partial charge in [-0.2, -0.15) is 0 Å². The zero-order valence-electron chi connectivity index (χ0n) is 21.5. The van der Waals surface area contributed by atoms with Crippen molar-refractivity contribution in [2.75, 3.05) is 46.5 Å². The van der Waals surface area contributed by atoms with E-state index >= 15 is 0 Å². The van der Waals surface area contributed by atoms with Crippen molar-refractivity contribution in [3.63, 3.8) is 0 Å². The topological polar surface area (TPSA) is 71.9 Å². The van der Waals surface area contributed by atoms with Crippen molar-refractivity contribution < 1.29 is 14.3 Å². The Labute approximate surface area is 223 Å². The van der Waals surface area contributed by atoms with E-state index in [-0.39, 0.29) is 18.1 Å². The monoisotopic (exact) mass is 519 g/mol. The van der Waals surface area contributed by atoms with Crippen molar-refractivity contribution in [1.82, 2.24) is 24.7 Å². The fraction of sp³-hybridized carbons (Fsp3) is 0.393. The van der Waals surface area contributed by atoms with Crippen LogP contribution in [0.1, 0.15) is 45.1 Å². The summed E-state index contributed by atoms with van der Waals surface area (Å²) in [5.74, 6) is -0.355. The van der Waals surface area contributed by atoms with Gasteiger partial charge in [-0.05, 0) is 62.0 Å². The number of thiocarbonyl (C=S) groups is 1. The summed E-state index contributed by atoms with van der Waals surface area (Å²) in [5, 5.41) is 4.29. The Balaban J connectivity index is 1.56. The molecule has 2 aromatic heterocycles. The van der Waals surface area contributed by atoms with E-state index in [1.54, 1.807) is 6.07 Å². The van der Waals surface area contributed by atoms with E-state index in [0.717, 1.165) is 72.8 Å². The van der Waals surface area contributed by atoms with Crippen LogP contribution in [0.3, 0.4) is 0 Å². The molecule has 0 unspecified atom stereocenters. The van der Waals surface area contributed by atoms with Crippen molar-refractivity contribution in [1.29, 1.82) is 0 Å². The lowest BCUT2D eigenvalue weighted by molar-refractivity contribution is 0.0350. The third-order valence-electron chi connectivity index (χ3n) is 7.30. The van der Waals surface area contributed by atoms with Crippen LogP contribution in [0.25, 0.3) is 5.69 Å². The fourth-order valence-corrected chi connectivity index (χ4v) is 5.80. The molecule has 2 aliphatic heterocycles. The first kappa shape index (κ1) is 25.4. The summed E-state index contributed by atoms with van der Waals surface area (Å²) in [6, 6.07) is 15.6. The second-order valence-corrected chi connectivity index (χ2v) is 9.83. The number of carbonyl (C=O) groups excluding carboxylic acids is 1. The number of nitrogens with one attached hydrogen (secondary N) is 1. The van der Waals surface area contributed by atoms with Crippen LogP contribution < -0.4 is 5.32 Å². The second kappa shape index (κ2) is 11.0. The van der Waals surface area contributed by atoms with Gasteiger partial charge in [0.25, 0.3) is 0 Å². The fourth-order valence-electron chi connectivity index (χ4n) is 5.47. The Bertz CT molecular complexity index is 1270. The molecular weight excluding hydrogens is 486 g/mol. The maximum absolute atomic E-state index is 12.6. The highest BCUT2D eigenvalue weighted by atomic mass is 32.1. The summed E-state index contributed by atoms with van der Waals surface area (Å²) in [7, 11) is 1.41. The van der Waals surface area contributed by atoms with Gasteiger partial charge in [0.05, 0.1) is 49.4 Å². The van der Waals surface area contributed by atoms with Crippen molar-refractivity contribution in [3.8, 4) is 5.69 Å². The molecule has 0 spiro atoms. The maximum Gasteiger partial charge on any atom is 0.339 e. The third kappa shape index (κ3) is 4.99. The van der Waals surface area contributed by atoms with Gasteiger partial charge in [0.2, 0.25) is 0 Å². The Kier molecular flexibility index (Phi) is 7.55. The van der Waals surface area contributed by atoms with Crippen molar-refractivity contribution in [2.45, 2.75) is 25.9 Å². The molecule has 2 atom stereocenters. The van der Waals surface area contributed by atoms with E-state index < -0.39 is 0 Å². The lowest BCUT2D eigenvalue weighted by Gasteiger charge is -2.32. The zero-order chi connectivity index (χ0) is 25.9. The highest BCUT2D eigenvalue weighted by Crippen LogP contribution is 2.41.